The number of nitrogens with zero attached hydrogens (tertiary/aromatic N) is 4. The number of rotatable bonds is 4. The first kappa shape index (κ1) is 18.0. The molecule has 148 valence electrons. The minimum atomic E-state index is -0.483. The van der Waals surface area contributed by atoms with Gasteiger partial charge in [0.2, 0.25) is 5.43 Å². The van der Waals surface area contributed by atoms with Gasteiger partial charge in [0.25, 0.3) is 0 Å². The highest BCUT2D eigenvalue weighted by atomic mass is 19.1. The second kappa shape index (κ2) is 7.07. The highest BCUT2D eigenvalue weighted by molar-refractivity contribution is 5.83. The van der Waals surface area contributed by atoms with Gasteiger partial charge in [0.05, 0.1) is 17.3 Å². The SMILES string of the molecule is Nc1ncnc2c1ncn2CCc1oc2ccc(F)cc2c(=O)c1-c1ccccc1. The zero-order valence-electron chi connectivity index (χ0n) is 15.7. The molecular weight excluding hydrogens is 385 g/mol. The quantitative estimate of drug-likeness (QED) is 0.494. The van der Waals surface area contributed by atoms with Crippen molar-refractivity contribution in [2.75, 3.05) is 5.73 Å². The standard InChI is InChI=1S/C22H16FN5O2/c23-14-6-7-16-15(10-14)20(29)18(13-4-2-1-3-5-13)17(30-16)8-9-28-12-27-19-21(24)25-11-26-22(19)28/h1-7,10-12H,8-9H2,(H2,24,25,26). The average molecular weight is 401 g/mol. The van der Waals surface area contributed by atoms with Crippen LogP contribution in [0.1, 0.15) is 5.76 Å². The van der Waals surface area contributed by atoms with E-state index in [4.69, 9.17) is 10.2 Å². The molecule has 0 amide bonds. The summed E-state index contributed by atoms with van der Waals surface area (Å²) in [6.45, 7) is 0.461. The Bertz CT molecular complexity index is 1440. The molecule has 0 saturated carbocycles. The van der Waals surface area contributed by atoms with E-state index in [9.17, 15) is 9.18 Å². The van der Waals surface area contributed by atoms with Crippen LogP contribution in [0.15, 0.2) is 70.4 Å². The number of fused-ring (bicyclic) bond motifs is 2. The van der Waals surface area contributed by atoms with Crippen molar-refractivity contribution in [3.8, 4) is 11.1 Å². The molecule has 0 saturated heterocycles. The largest absolute Gasteiger partial charge is 0.460 e. The van der Waals surface area contributed by atoms with Gasteiger partial charge < -0.3 is 14.7 Å². The first-order valence-electron chi connectivity index (χ1n) is 9.34. The van der Waals surface area contributed by atoms with Gasteiger partial charge in [-0.15, -0.1) is 0 Å². The lowest BCUT2D eigenvalue weighted by atomic mass is 10.0. The van der Waals surface area contributed by atoms with E-state index in [1.54, 1.807) is 6.33 Å². The molecule has 7 nitrogen and oxygen atoms in total. The van der Waals surface area contributed by atoms with E-state index < -0.39 is 5.82 Å². The van der Waals surface area contributed by atoms with Crippen LogP contribution in [0.25, 0.3) is 33.3 Å². The third kappa shape index (κ3) is 2.98. The fourth-order valence-corrected chi connectivity index (χ4v) is 3.57. The third-order valence-electron chi connectivity index (χ3n) is 5.00. The topological polar surface area (TPSA) is 99.8 Å². The lowest BCUT2D eigenvalue weighted by molar-refractivity contribution is 0.515. The zero-order valence-corrected chi connectivity index (χ0v) is 15.7. The summed E-state index contributed by atoms with van der Waals surface area (Å²) in [5.74, 6) is 0.334. The number of anilines is 1. The van der Waals surface area contributed by atoms with E-state index in [0.29, 0.717) is 46.9 Å². The Hall–Kier alpha value is -4.07. The number of nitrogen functional groups attached to an aromatic ring is 1. The van der Waals surface area contributed by atoms with Crippen molar-refractivity contribution in [2.45, 2.75) is 13.0 Å². The molecule has 30 heavy (non-hydrogen) atoms. The number of hydrogen-bond acceptors (Lipinski definition) is 6. The molecule has 0 aliphatic carbocycles. The van der Waals surface area contributed by atoms with Crippen LogP contribution in [0.2, 0.25) is 0 Å². The molecule has 0 bridgehead atoms. The number of benzene rings is 2. The van der Waals surface area contributed by atoms with Crippen LogP contribution in [0.5, 0.6) is 0 Å². The van der Waals surface area contributed by atoms with E-state index in [0.717, 1.165) is 5.56 Å². The molecule has 3 heterocycles. The predicted molar refractivity (Wildman–Crippen MR) is 111 cm³/mol. The Morgan fingerprint density at radius 2 is 1.90 bits per heavy atom. The van der Waals surface area contributed by atoms with Crippen LogP contribution < -0.4 is 11.2 Å². The smallest absolute Gasteiger partial charge is 0.200 e. The van der Waals surface area contributed by atoms with E-state index in [1.807, 2.05) is 34.9 Å². The second-order valence-electron chi connectivity index (χ2n) is 6.85. The number of aryl methyl sites for hydroxylation is 2. The Morgan fingerprint density at radius 1 is 1.07 bits per heavy atom. The summed E-state index contributed by atoms with van der Waals surface area (Å²) in [5.41, 5.74) is 8.20. The van der Waals surface area contributed by atoms with Crippen molar-refractivity contribution >= 4 is 28.0 Å². The first-order valence-corrected chi connectivity index (χ1v) is 9.34. The van der Waals surface area contributed by atoms with Gasteiger partial charge in [-0.1, -0.05) is 30.3 Å². The number of nitrogens with two attached hydrogens (primary N) is 1. The molecular formula is C22H16FN5O2. The number of aromatic nitrogens is 4. The average Bonchev–Trinajstić information content (AvgIpc) is 3.18. The predicted octanol–water partition coefficient (Wildman–Crippen LogP) is 3.56. The van der Waals surface area contributed by atoms with Gasteiger partial charge in [-0.3, -0.25) is 4.79 Å². The maximum absolute atomic E-state index is 13.8. The monoisotopic (exact) mass is 401 g/mol. The Kier molecular flexibility index (Phi) is 4.24. The molecule has 0 spiro atoms. The zero-order chi connectivity index (χ0) is 20.7. The second-order valence-corrected chi connectivity index (χ2v) is 6.85. The van der Waals surface area contributed by atoms with Gasteiger partial charge in [0, 0.05) is 13.0 Å². The van der Waals surface area contributed by atoms with Crippen LogP contribution in [-0.2, 0) is 13.0 Å². The highest BCUT2D eigenvalue weighted by Gasteiger charge is 2.17. The van der Waals surface area contributed by atoms with E-state index in [1.165, 1.54) is 24.5 Å². The van der Waals surface area contributed by atoms with Crippen molar-refractivity contribution in [1.82, 2.24) is 19.5 Å². The van der Waals surface area contributed by atoms with Gasteiger partial charge >= 0.3 is 0 Å². The maximum atomic E-state index is 13.8. The van der Waals surface area contributed by atoms with Gasteiger partial charge in [0.15, 0.2) is 11.5 Å². The number of hydrogen-bond donors (Lipinski definition) is 1. The fourth-order valence-electron chi connectivity index (χ4n) is 3.57. The van der Waals surface area contributed by atoms with E-state index >= 15 is 0 Å². The number of imidazole rings is 1. The summed E-state index contributed by atoms with van der Waals surface area (Å²) in [6.07, 6.45) is 3.42. The van der Waals surface area contributed by atoms with Gasteiger partial charge in [-0.2, -0.15) is 0 Å². The van der Waals surface area contributed by atoms with Crippen molar-refractivity contribution < 1.29 is 8.81 Å². The maximum Gasteiger partial charge on any atom is 0.200 e. The summed E-state index contributed by atoms with van der Waals surface area (Å²) in [5, 5.41) is 0.214. The highest BCUT2D eigenvalue weighted by Crippen LogP contribution is 2.26. The van der Waals surface area contributed by atoms with Gasteiger partial charge in [-0.05, 0) is 23.8 Å². The summed E-state index contributed by atoms with van der Waals surface area (Å²) < 4.78 is 21.6. The fraction of sp³-hybridized carbons (Fsp3) is 0.0909. The van der Waals surface area contributed by atoms with Crippen LogP contribution in [0.3, 0.4) is 0 Å². The molecule has 0 aliphatic rings. The lowest BCUT2D eigenvalue weighted by Gasteiger charge is -2.11. The lowest BCUT2D eigenvalue weighted by Crippen LogP contribution is -2.11. The Labute approximate surface area is 169 Å². The van der Waals surface area contributed by atoms with E-state index in [-0.39, 0.29) is 10.8 Å². The number of halogens is 1. The summed E-state index contributed by atoms with van der Waals surface area (Å²) in [7, 11) is 0. The molecule has 0 fully saturated rings. The molecule has 8 heteroatoms. The van der Waals surface area contributed by atoms with Crippen LogP contribution in [0.4, 0.5) is 10.2 Å². The van der Waals surface area contributed by atoms with Crippen molar-refractivity contribution in [2.24, 2.45) is 0 Å². The normalized spacial score (nSPS) is 11.4. The van der Waals surface area contributed by atoms with E-state index in [2.05, 4.69) is 15.0 Å². The molecule has 3 aromatic heterocycles. The first-order chi connectivity index (χ1) is 14.6. The molecule has 0 atom stereocenters. The summed E-state index contributed by atoms with van der Waals surface area (Å²) in [6, 6.07) is 13.2. The van der Waals surface area contributed by atoms with Crippen molar-refractivity contribution in [3.63, 3.8) is 0 Å². The summed E-state index contributed by atoms with van der Waals surface area (Å²) >= 11 is 0. The van der Waals surface area contributed by atoms with Crippen molar-refractivity contribution in [3.05, 3.63) is 83.0 Å². The minimum absolute atomic E-state index is 0.214. The van der Waals surface area contributed by atoms with Gasteiger partial charge in [-0.25, -0.2) is 19.3 Å². The molecule has 0 aliphatic heterocycles. The van der Waals surface area contributed by atoms with Crippen LogP contribution in [-0.4, -0.2) is 19.5 Å². The van der Waals surface area contributed by atoms with Crippen molar-refractivity contribution in [1.29, 1.82) is 0 Å². The summed E-state index contributed by atoms with van der Waals surface area (Å²) in [4.78, 5) is 25.7. The molecule has 2 aromatic carbocycles. The van der Waals surface area contributed by atoms with Gasteiger partial charge in [0.1, 0.15) is 29.0 Å². The van der Waals surface area contributed by atoms with Crippen LogP contribution in [0, 0.1) is 5.82 Å². The molecule has 0 radical (unpaired) electrons. The molecule has 5 rings (SSSR count). The minimum Gasteiger partial charge on any atom is -0.460 e. The Balaban J connectivity index is 1.63. The Morgan fingerprint density at radius 3 is 2.73 bits per heavy atom. The van der Waals surface area contributed by atoms with Crippen LogP contribution >= 0.6 is 0 Å². The molecule has 2 N–H and O–H groups in total. The third-order valence-corrected chi connectivity index (χ3v) is 5.00. The molecule has 5 aromatic rings. The molecule has 0 unspecified atom stereocenters.